The largest absolute Gasteiger partial charge is 0.480 e. The molecular weight excluding hydrogens is 166 g/mol. The first-order valence-electron chi connectivity index (χ1n) is 5.11. The van der Waals surface area contributed by atoms with Crippen LogP contribution in [0.3, 0.4) is 0 Å². The number of carboxylic acid groups (broad SMARTS) is 1. The molecule has 1 aliphatic carbocycles. The van der Waals surface area contributed by atoms with Crippen LogP contribution in [0.25, 0.3) is 0 Å². The summed E-state index contributed by atoms with van der Waals surface area (Å²) in [5.74, 6) is -0.122. The van der Waals surface area contributed by atoms with Gasteiger partial charge in [-0.15, -0.1) is 0 Å². The highest BCUT2D eigenvalue weighted by Gasteiger charge is 2.37. The molecule has 3 nitrogen and oxygen atoms in total. The summed E-state index contributed by atoms with van der Waals surface area (Å²) >= 11 is 0. The van der Waals surface area contributed by atoms with E-state index in [1.807, 2.05) is 0 Å². The van der Waals surface area contributed by atoms with E-state index >= 15 is 0 Å². The fourth-order valence-electron chi connectivity index (χ4n) is 2.10. The van der Waals surface area contributed by atoms with Crippen molar-refractivity contribution in [3.63, 3.8) is 0 Å². The highest BCUT2D eigenvalue weighted by molar-refractivity contribution is 5.78. The predicted molar refractivity (Wildman–Crippen MR) is 51.4 cm³/mol. The van der Waals surface area contributed by atoms with Gasteiger partial charge in [-0.25, -0.2) is 0 Å². The van der Waals surface area contributed by atoms with Crippen molar-refractivity contribution in [2.24, 2.45) is 11.7 Å². The molecule has 3 heteroatoms. The molecule has 13 heavy (non-hydrogen) atoms. The molecule has 0 unspecified atom stereocenters. The van der Waals surface area contributed by atoms with Gasteiger partial charge < -0.3 is 10.8 Å². The lowest BCUT2D eigenvalue weighted by Crippen LogP contribution is -2.50. The van der Waals surface area contributed by atoms with Gasteiger partial charge in [0.2, 0.25) is 0 Å². The molecule has 1 fully saturated rings. The third kappa shape index (κ3) is 2.44. The lowest BCUT2D eigenvalue weighted by molar-refractivity contribution is -0.145. The van der Waals surface area contributed by atoms with Crippen LogP contribution in [0, 0.1) is 5.92 Å². The molecule has 3 N–H and O–H groups in total. The van der Waals surface area contributed by atoms with Crippen LogP contribution in [0.2, 0.25) is 0 Å². The Morgan fingerprint density at radius 2 is 2.08 bits per heavy atom. The van der Waals surface area contributed by atoms with Crippen molar-refractivity contribution < 1.29 is 9.90 Å². The first-order valence-corrected chi connectivity index (χ1v) is 5.11. The Bertz CT molecular complexity index is 183. The zero-order valence-electron chi connectivity index (χ0n) is 8.25. The number of nitrogens with two attached hydrogens (primary N) is 1. The van der Waals surface area contributed by atoms with Crippen LogP contribution >= 0.6 is 0 Å². The van der Waals surface area contributed by atoms with Gasteiger partial charge >= 0.3 is 5.97 Å². The van der Waals surface area contributed by atoms with E-state index in [0.717, 1.165) is 12.8 Å². The molecule has 0 bridgehead atoms. The first kappa shape index (κ1) is 10.5. The highest BCUT2D eigenvalue weighted by Crippen LogP contribution is 2.32. The second-order valence-electron chi connectivity index (χ2n) is 4.19. The molecule has 0 spiro atoms. The summed E-state index contributed by atoms with van der Waals surface area (Å²) in [6.07, 6.45) is 5.66. The number of aliphatic carboxylic acids is 1. The molecule has 0 aromatic heterocycles. The van der Waals surface area contributed by atoms with Gasteiger partial charge in [-0.3, -0.25) is 4.79 Å². The fraction of sp³-hybridized carbons (Fsp3) is 0.900. The molecule has 0 aliphatic heterocycles. The predicted octanol–water partition coefficient (Wildman–Crippen LogP) is 1.76. The molecular formula is C10H19NO2. The molecule has 0 aromatic rings. The maximum absolute atomic E-state index is 10.8. The minimum atomic E-state index is -0.926. The SMILES string of the molecule is CCCC1CCC(N)(C(=O)O)CC1. The average molecular weight is 185 g/mol. The van der Waals surface area contributed by atoms with Crippen LogP contribution in [0.15, 0.2) is 0 Å². The first-order chi connectivity index (χ1) is 6.08. The molecule has 1 aliphatic rings. The van der Waals surface area contributed by atoms with Gasteiger partial charge in [-0.2, -0.15) is 0 Å². The Kier molecular flexibility index (Phi) is 3.31. The van der Waals surface area contributed by atoms with E-state index in [1.54, 1.807) is 0 Å². The van der Waals surface area contributed by atoms with Crippen molar-refractivity contribution in [3.8, 4) is 0 Å². The van der Waals surface area contributed by atoms with Crippen LogP contribution < -0.4 is 5.73 Å². The Morgan fingerprint density at radius 3 is 2.46 bits per heavy atom. The van der Waals surface area contributed by atoms with E-state index in [-0.39, 0.29) is 0 Å². The number of carbonyl (C=O) groups is 1. The Balaban J connectivity index is 2.42. The third-order valence-corrected chi connectivity index (χ3v) is 3.12. The van der Waals surface area contributed by atoms with E-state index in [0.29, 0.717) is 18.8 Å². The number of carboxylic acids is 1. The Hall–Kier alpha value is -0.570. The van der Waals surface area contributed by atoms with Crippen molar-refractivity contribution in [3.05, 3.63) is 0 Å². The topological polar surface area (TPSA) is 63.3 Å². The molecule has 1 saturated carbocycles. The average Bonchev–Trinajstić information content (AvgIpc) is 2.09. The van der Waals surface area contributed by atoms with Crippen LogP contribution in [-0.4, -0.2) is 16.6 Å². The summed E-state index contributed by atoms with van der Waals surface area (Å²) in [6.45, 7) is 2.17. The van der Waals surface area contributed by atoms with Gasteiger partial charge in [0.1, 0.15) is 5.54 Å². The van der Waals surface area contributed by atoms with Gasteiger partial charge in [0.25, 0.3) is 0 Å². The summed E-state index contributed by atoms with van der Waals surface area (Å²) in [5, 5.41) is 8.89. The minimum absolute atomic E-state index is 0.646. The zero-order chi connectivity index (χ0) is 9.90. The van der Waals surface area contributed by atoms with Gasteiger partial charge in [0.05, 0.1) is 0 Å². The van der Waals surface area contributed by atoms with E-state index < -0.39 is 11.5 Å². The molecule has 0 aromatic carbocycles. The standard InChI is InChI=1S/C10H19NO2/c1-2-3-8-4-6-10(11,7-5-8)9(12)13/h8H,2-7,11H2,1H3,(H,12,13). The van der Waals surface area contributed by atoms with Crippen molar-refractivity contribution in [1.82, 2.24) is 0 Å². The maximum Gasteiger partial charge on any atom is 0.323 e. The second kappa shape index (κ2) is 4.09. The highest BCUT2D eigenvalue weighted by atomic mass is 16.4. The third-order valence-electron chi connectivity index (χ3n) is 3.12. The summed E-state index contributed by atoms with van der Waals surface area (Å²) in [5.41, 5.74) is 4.83. The van der Waals surface area contributed by atoms with E-state index in [2.05, 4.69) is 6.92 Å². The summed E-state index contributed by atoms with van der Waals surface area (Å²) in [6, 6.07) is 0. The quantitative estimate of drug-likeness (QED) is 0.704. The van der Waals surface area contributed by atoms with E-state index in [4.69, 9.17) is 10.8 Å². The van der Waals surface area contributed by atoms with E-state index in [9.17, 15) is 4.79 Å². The summed E-state index contributed by atoms with van der Waals surface area (Å²) < 4.78 is 0. The van der Waals surface area contributed by atoms with Gasteiger partial charge in [-0.1, -0.05) is 19.8 Å². The number of hydrogen-bond acceptors (Lipinski definition) is 2. The smallest absolute Gasteiger partial charge is 0.323 e. The Labute approximate surface area is 79.3 Å². The summed E-state index contributed by atoms with van der Waals surface area (Å²) in [4.78, 5) is 10.8. The number of hydrogen-bond donors (Lipinski definition) is 2. The normalized spacial score (nSPS) is 34.5. The van der Waals surface area contributed by atoms with Gasteiger partial charge in [0, 0.05) is 0 Å². The Morgan fingerprint density at radius 1 is 1.54 bits per heavy atom. The maximum atomic E-state index is 10.8. The molecule has 1 rings (SSSR count). The molecule has 0 heterocycles. The van der Waals surface area contributed by atoms with Gasteiger partial charge in [0.15, 0.2) is 0 Å². The molecule has 0 saturated heterocycles. The van der Waals surface area contributed by atoms with Crippen LogP contribution in [-0.2, 0) is 4.79 Å². The van der Waals surface area contributed by atoms with Gasteiger partial charge in [-0.05, 0) is 31.6 Å². The second-order valence-corrected chi connectivity index (χ2v) is 4.19. The molecule has 76 valence electrons. The van der Waals surface area contributed by atoms with Crippen molar-refractivity contribution >= 4 is 5.97 Å². The van der Waals surface area contributed by atoms with Crippen molar-refractivity contribution in [2.75, 3.05) is 0 Å². The molecule has 0 atom stereocenters. The summed E-state index contributed by atoms with van der Waals surface area (Å²) in [7, 11) is 0. The molecule has 0 amide bonds. The van der Waals surface area contributed by atoms with E-state index in [1.165, 1.54) is 12.8 Å². The van der Waals surface area contributed by atoms with Crippen LogP contribution in [0.5, 0.6) is 0 Å². The van der Waals surface area contributed by atoms with Crippen LogP contribution in [0.1, 0.15) is 45.4 Å². The fourth-order valence-corrected chi connectivity index (χ4v) is 2.10. The minimum Gasteiger partial charge on any atom is -0.480 e. The lowest BCUT2D eigenvalue weighted by Gasteiger charge is -2.33. The lowest BCUT2D eigenvalue weighted by atomic mass is 9.76. The molecule has 0 radical (unpaired) electrons. The van der Waals surface area contributed by atoms with Crippen molar-refractivity contribution in [1.29, 1.82) is 0 Å². The zero-order valence-corrected chi connectivity index (χ0v) is 8.25. The van der Waals surface area contributed by atoms with Crippen molar-refractivity contribution in [2.45, 2.75) is 51.0 Å². The van der Waals surface area contributed by atoms with Crippen LogP contribution in [0.4, 0.5) is 0 Å². The number of rotatable bonds is 3. The monoisotopic (exact) mass is 185 g/mol.